The van der Waals surface area contributed by atoms with Gasteiger partial charge >= 0.3 is 0 Å². The predicted octanol–water partition coefficient (Wildman–Crippen LogP) is 2.04. The summed E-state index contributed by atoms with van der Waals surface area (Å²) in [5, 5.41) is 10.2. The molecule has 0 aromatic carbocycles. The third-order valence-electron chi connectivity index (χ3n) is 2.36. The Morgan fingerprint density at radius 1 is 1.38 bits per heavy atom. The van der Waals surface area contributed by atoms with Gasteiger partial charge in [-0.2, -0.15) is 0 Å². The minimum Gasteiger partial charge on any atom is -0.465 e. The molecule has 1 saturated heterocycles. The Balaban J connectivity index is 2.27. The van der Waals surface area contributed by atoms with Crippen LogP contribution < -0.4 is 0 Å². The van der Waals surface area contributed by atoms with E-state index in [4.69, 9.17) is 9.15 Å². The zero-order chi connectivity index (χ0) is 9.31. The second kappa shape index (κ2) is 3.44. The molecule has 0 amide bonds. The molecule has 1 aliphatic heterocycles. The lowest BCUT2D eigenvalue weighted by molar-refractivity contribution is -0.0805. The lowest BCUT2D eigenvalue weighted by Gasteiger charge is -2.30. The first-order valence-electron chi connectivity index (χ1n) is 4.26. The van der Waals surface area contributed by atoms with Crippen molar-refractivity contribution in [3.05, 3.63) is 22.6 Å². The molecule has 0 radical (unpaired) electrons. The summed E-state index contributed by atoms with van der Waals surface area (Å²) < 4.78 is 11.3. The van der Waals surface area contributed by atoms with Crippen molar-refractivity contribution in [1.82, 2.24) is 0 Å². The van der Waals surface area contributed by atoms with Gasteiger partial charge in [0.1, 0.15) is 11.4 Å². The van der Waals surface area contributed by atoms with Gasteiger partial charge in [-0.05, 0) is 22.0 Å². The first-order chi connectivity index (χ1) is 6.22. The molecular weight excluding hydrogens is 236 g/mol. The molecule has 1 aromatic rings. The monoisotopic (exact) mass is 246 g/mol. The molecule has 13 heavy (non-hydrogen) atoms. The van der Waals surface area contributed by atoms with Gasteiger partial charge < -0.3 is 14.3 Å². The van der Waals surface area contributed by atoms with Crippen molar-refractivity contribution < 1.29 is 14.3 Å². The maximum absolute atomic E-state index is 10.2. The number of rotatable bonds is 1. The van der Waals surface area contributed by atoms with Crippen LogP contribution in [0.5, 0.6) is 0 Å². The summed E-state index contributed by atoms with van der Waals surface area (Å²) in [6, 6.07) is 1.79. The molecule has 0 atom stereocenters. The zero-order valence-corrected chi connectivity index (χ0v) is 8.71. The third-order valence-corrected chi connectivity index (χ3v) is 2.98. The van der Waals surface area contributed by atoms with Crippen molar-refractivity contribution >= 4 is 15.9 Å². The van der Waals surface area contributed by atoms with Crippen molar-refractivity contribution in [3.8, 4) is 0 Å². The van der Waals surface area contributed by atoms with E-state index in [1.807, 2.05) is 0 Å². The van der Waals surface area contributed by atoms with Crippen molar-refractivity contribution in [2.24, 2.45) is 0 Å². The van der Waals surface area contributed by atoms with Gasteiger partial charge in [-0.15, -0.1) is 0 Å². The van der Waals surface area contributed by atoms with E-state index >= 15 is 0 Å². The Kier molecular flexibility index (Phi) is 2.45. The van der Waals surface area contributed by atoms with E-state index in [9.17, 15) is 5.11 Å². The summed E-state index contributed by atoms with van der Waals surface area (Å²) >= 11 is 3.34. The Labute approximate surface area is 84.8 Å². The van der Waals surface area contributed by atoms with Gasteiger partial charge in [0.15, 0.2) is 0 Å². The third kappa shape index (κ3) is 1.66. The number of ether oxygens (including phenoxy) is 1. The Morgan fingerprint density at radius 2 is 2.08 bits per heavy atom. The molecule has 1 aliphatic rings. The van der Waals surface area contributed by atoms with Crippen LogP contribution in [-0.4, -0.2) is 18.3 Å². The molecule has 1 N–H and O–H groups in total. The van der Waals surface area contributed by atoms with E-state index in [-0.39, 0.29) is 0 Å². The van der Waals surface area contributed by atoms with E-state index < -0.39 is 5.60 Å². The summed E-state index contributed by atoms with van der Waals surface area (Å²) in [4.78, 5) is 0. The minimum atomic E-state index is -0.847. The number of furan rings is 1. The van der Waals surface area contributed by atoms with E-state index in [0.29, 0.717) is 31.8 Å². The maximum atomic E-state index is 10.2. The highest BCUT2D eigenvalue weighted by molar-refractivity contribution is 9.10. The fraction of sp³-hybridized carbons (Fsp3) is 0.556. The highest BCUT2D eigenvalue weighted by atomic mass is 79.9. The number of aliphatic hydroxyl groups is 1. The Bertz CT molecular complexity index is 289. The van der Waals surface area contributed by atoms with Gasteiger partial charge in [0.25, 0.3) is 0 Å². The second-order valence-electron chi connectivity index (χ2n) is 3.24. The van der Waals surface area contributed by atoms with Gasteiger partial charge in [0, 0.05) is 26.1 Å². The van der Waals surface area contributed by atoms with Crippen molar-refractivity contribution in [2.45, 2.75) is 18.4 Å². The molecule has 0 unspecified atom stereocenters. The molecule has 0 spiro atoms. The minimum absolute atomic E-state index is 0.587. The average Bonchev–Trinajstić information content (AvgIpc) is 2.53. The normalized spacial score (nSPS) is 21.7. The molecule has 1 fully saturated rings. The molecule has 0 aliphatic carbocycles. The SMILES string of the molecule is OC1(c2occc2Br)CCOCC1. The van der Waals surface area contributed by atoms with Crippen LogP contribution in [0.25, 0.3) is 0 Å². The van der Waals surface area contributed by atoms with Gasteiger partial charge in [0.2, 0.25) is 0 Å². The van der Waals surface area contributed by atoms with Crippen LogP contribution >= 0.6 is 15.9 Å². The highest BCUT2D eigenvalue weighted by Gasteiger charge is 2.36. The Morgan fingerprint density at radius 3 is 2.62 bits per heavy atom. The summed E-state index contributed by atoms with van der Waals surface area (Å²) in [5.74, 6) is 0.621. The molecule has 0 bridgehead atoms. The molecular formula is C9H11BrO3. The molecule has 2 rings (SSSR count). The second-order valence-corrected chi connectivity index (χ2v) is 4.10. The summed E-state index contributed by atoms with van der Waals surface area (Å²) in [6.45, 7) is 1.17. The standard InChI is InChI=1S/C9H11BrO3/c10-7-1-4-13-8(7)9(11)2-5-12-6-3-9/h1,4,11H,2-3,5-6H2. The zero-order valence-electron chi connectivity index (χ0n) is 7.12. The van der Waals surface area contributed by atoms with Crippen LogP contribution in [-0.2, 0) is 10.3 Å². The van der Waals surface area contributed by atoms with Crippen LogP contribution in [0.4, 0.5) is 0 Å². The van der Waals surface area contributed by atoms with E-state index in [2.05, 4.69) is 15.9 Å². The van der Waals surface area contributed by atoms with Crippen LogP contribution in [0.1, 0.15) is 18.6 Å². The summed E-state index contributed by atoms with van der Waals surface area (Å²) in [7, 11) is 0. The van der Waals surface area contributed by atoms with E-state index in [1.54, 1.807) is 12.3 Å². The topological polar surface area (TPSA) is 42.6 Å². The van der Waals surface area contributed by atoms with Crippen LogP contribution in [0, 0.1) is 0 Å². The first-order valence-corrected chi connectivity index (χ1v) is 5.05. The highest BCUT2D eigenvalue weighted by Crippen LogP contribution is 2.36. The fourth-order valence-electron chi connectivity index (χ4n) is 1.56. The van der Waals surface area contributed by atoms with Gasteiger partial charge in [-0.3, -0.25) is 0 Å². The van der Waals surface area contributed by atoms with Gasteiger partial charge in [0.05, 0.1) is 10.7 Å². The van der Waals surface area contributed by atoms with Crippen molar-refractivity contribution in [1.29, 1.82) is 0 Å². The van der Waals surface area contributed by atoms with Crippen molar-refractivity contribution in [2.75, 3.05) is 13.2 Å². The number of hydrogen-bond donors (Lipinski definition) is 1. The first kappa shape index (κ1) is 9.24. The quantitative estimate of drug-likeness (QED) is 0.825. The maximum Gasteiger partial charge on any atom is 0.149 e. The molecule has 3 nitrogen and oxygen atoms in total. The van der Waals surface area contributed by atoms with E-state index in [0.717, 1.165) is 4.47 Å². The van der Waals surface area contributed by atoms with Gasteiger partial charge in [-0.25, -0.2) is 0 Å². The largest absolute Gasteiger partial charge is 0.465 e. The molecule has 1 aromatic heterocycles. The summed E-state index contributed by atoms with van der Waals surface area (Å²) in [6.07, 6.45) is 2.77. The fourth-order valence-corrected chi connectivity index (χ4v) is 2.13. The average molecular weight is 247 g/mol. The lowest BCUT2D eigenvalue weighted by atomic mass is 9.92. The summed E-state index contributed by atoms with van der Waals surface area (Å²) in [5.41, 5.74) is -0.847. The molecule has 2 heterocycles. The van der Waals surface area contributed by atoms with Crippen molar-refractivity contribution in [3.63, 3.8) is 0 Å². The predicted molar refractivity (Wildman–Crippen MR) is 50.4 cm³/mol. The molecule has 0 saturated carbocycles. The van der Waals surface area contributed by atoms with E-state index in [1.165, 1.54) is 0 Å². The van der Waals surface area contributed by atoms with Crippen LogP contribution in [0.3, 0.4) is 0 Å². The smallest absolute Gasteiger partial charge is 0.149 e. The molecule has 4 heteroatoms. The number of halogens is 1. The lowest BCUT2D eigenvalue weighted by Crippen LogP contribution is -2.33. The molecule has 72 valence electrons. The number of hydrogen-bond acceptors (Lipinski definition) is 3. The van der Waals surface area contributed by atoms with Gasteiger partial charge in [-0.1, -0.05) is 0 Å². The Hall–Kier alpha value is -0.320. The van der Waals surface area contributed by atoms with Crippen LogP contribution in [0.15, 0.2) is 21.2 Å². The van der Waals surface area contributed by atoms with Crippen LogP contribution in [0.2, 0.25) is 0 Å².